The Hall–Kier alpha value is -0.870. The quantitative estimate of drug-likeness (QED) is 0.715. The minimum absolute atomic E-state index is 0.290. The number of hydrogen-bond donors (Lipinski definition) is 1. The lowest BCUT2D eigenvalue weighted by molar-refractivity contribution is 0.187. The summed E-state index contributed by atoms with van der Waals surface area (Å²) in [5.74, 6) is 0. The Morgan fingerprint density at radius 2 is 1.80 bits per heavy atom. The van der Waals surface area contributed by atoms with E-state index in [0.29, 0.717) is 12.6 Å². The van der Waals surface area contributed by atoms with Crippen LogP contribution in [0.3, 0.4) is 0 Å². The van der Waals surface area contributed by atoms with Crippen molar-refractivity contribution in [3.63, 3.8) is 0 Å². The van der Waals surface area contributed by atoms with Crippen LogP contribution in [0.25, 0.3) is 0 Å². The van der Waals surface area contributed by atoms with Crippen molar-refractivity contribution < 1.29 is 0 Å². The summed E-state index contributed by atoms with van der Waals surface area (Å²) >= 11 is 0. The first-order valence-electron chi connectivity index (χ1n) is 8.11. The molecule has 0 spiro atoms. The third kappa shape index (κ3) is 4.60. The molecule has 0 saturated carbocycles. The average molecular weight is 280 g/mol. The van der Waals surface area contributed by atoms with Gasteiger partial charge in [-0.05, 0) is 39.8 Å². The van der Waals surface area contributed by atoms with E-state index in [0.717, 1.165) is 13.1 Å². The molecule has 0 fully saturated rings. The predicted octanol–water partition coefficient (Wildman–Crippen LogP) is 3.37. The molecule has 0 amide bonds. The first kappa shape index (κ1) is 17.2. The fraction of sp³-hybridized carbons (Fsp3) is 0.812. The number of hydrogen-bond acceptors (Lipinski definition) is 3. The molecule has 1 aromatic heterocycles. The first-order valence-corrected chi connectivity index (χ1v) is 8.11. The lowest BCUT2D eigenvalue weighted by Crippen LogP contribution is -2.36. The van der Waals surface area contributed by atoms with Crippen LogP contribution in [0.4, 0.5) is 0 Å². The van der Waals surface area contributed by atoms with E-state index >= 15 is 0 Å². The summed E-state index contributed by atoms with van der Waals surface area (Å²) in [4.78, 5) is 6.88. The van der Waals surface area contributed by atoms with Crippen molar-refractivity contribution in [2.45, 2.75) is 65.5 Å². The molecular formula is C16H32N4. The zero-order valence-corrected chi connectivity index (χ0v) is 13.7. The van der Waals surface area contributed by atoms with E-state index in [1.807, 2.05) is 12.5 Å². The fourth-order valence-electron chi connectivity index (χ4n) is 2.61. The molecule has 1 rings (SSSR count). The van der Waals surface area contributed by atoms with Crippen LogP contribution in [0.15, 0.2) is 12.5 Å². The maximum Gasteiger partial charge on any atom is 0.0951 e. The molecule has 20 heavy (non-hydrogen) atoms. The smallest absolute Gasteiger partial charge is 0.0951 e. The number of nitrogens with two attached hydrogens (primary N) is 1. The molecule has 0 aliphatic heterocycles. The molecule has 0 bridgehead atoms. The maximum absolute atomic E-state index is 6.09. The molecule has 4 nitrogen and oxygen atoms in total. The second-order valence-electron chi connectivity index (χ2n) is 5.81. The molecule has 0 aromatic carbocycles. The van der Waals surface area contributed by atoms with Gasteiger partial charge in [0.1, 0.15) is 0 Å². The number of imidazole rings is 1. The molecule has 2 N–H and O–H groups in total. The summed E-state index contributed by atoms with van der Waals surface area (Å²) in [5.41, 5.74) is 7.35. The van der Waals surface area contributed by atoms with E-state index in [1.54, 1.807) is 0 Å². The van der Waals surface area contributed by atoms with Gasteiger partial charge in [-0.1, -0.05) is 26.7 Å². The van der Waals surface area contributed by atoms with Crippen molar-refractivity contribution in [3.8, 4) is 0 Å². The van der Waals surface area contributed by atoms with Crippen molar-refractivity contribution >= 4 is 0 Å². The summed E-state index contributed by atoms with van der Waals surface area (Å²) < 4.78 is 2.25. The highest BCUT2D eigenvalue weighted by Gasteiger charge is 2.22. The summed E-state index contributed by atoms with van der Waals surface area (Å²) in [5, 5.41) is 0. The Kier molecular flexibility index (Phi) is 7.85. The topological polar surface area (TPSA) is 47.1 Å². The molecule has 1 unspecified atom stereocenters. The Balaban J connectivity index is 2.89. The molecule has 0 aliphatic carbocycles. The van der Waals surface area contributed by atoms with Gasteiger partial charge in [-0.3, -0.25) is 4.90 Å². The normalized spacial score (nSPS) is 13.3. The predicted molar refractivity (Wildman–Crippen MR) is 85.8 cm³/mol. The number of unbranched alkanes of at least 4 members (excludes halogenated alkanes) is 2. The highest BCUT2D eigenvalue weighted by Crippen LogP contribution is 2.23. The van der Waals surface area contributed by atoms with Gasteiger partial charge in [0.05, 0.1) is 18.1 Å². The van der Waals surface area contributed by atoms with Crippen molar-refractivity contribution in [2.75, 3.05) is 19.6 Å². The van der Waals surface area contributed by atoms with Crippen LogP contribution in [-0.4, -0.2) is 34.1 Å². The average Bonchev–Trinajstić information content (AvgIpc) is 2.91. The number of aromatic nitrogens is 2. The molecule has 1 aromatic rings. The summed E-state index contributed by atoms with van der Waals surface area (Å²) in [7, 11) is 0. The van der Waals surface area contributed by atoms with Gasteiger partial charge < -0.3 is 10.3 Å². The molecule has 116 valence electrons. The third-order valence-electron chi connectivity index (χ3n) is 3.86. The van der Waals surface area contributed by atoms with Crippen molar-refractivity contribution in [1.82, 2.24) is 14.5 Å². The van der Waals surface area contributed by atoms with E-state index in [-0.39, 0.29) is 6.04 Å². The van der Waals surface area contributed by atoms with Crippen LogP contribution in [0.5, 0.6) is 0 Å². The van der Waals surface area contributed by atoms with Crippen LogP contribution in [0.1, 0.15) is 71.2 Å². The van der Waals surface area contributed by atoms with E-state index in [4.69, 9.17) is 5.73 Å². The summed E-state index contributed by atoms with van der Waals surface area (Å²) in [6, 6.07) is 0.721. The summed E-state index contributed by atoms with van der Waals surface area (Å²) in [6.45, 7) is 11.8. The molecule has 0 saturated heterocycles. The van der Waals surface area contributed by atoms with E-state index in [1.165, 1.54) is 31.4 Å². The lowest BCUT2D eigenvalue weighted by atomic mass is 10.1. The lowest BCUT2D eigenvalue weighted by Gasteiger charge is -2.32. The van der Waals surface area contributed by atoms with Gasteiger partial charge in [-0.2, -0.15) is 0 Å². The van der Waals surface area contributed by atoms with Gasteiger partial charge in [0.2, 0.25) is 0 Å². The van der Waals surface area contributed by atoms with Gasteiger partial charge in [-0.25, -0.2) is 4.98 Å². The van der Waals surface area contributed by atoms with Gasteiger partial charge in [0.25, 0.3) is 0 Å². The van der Waals surface area contributed by atoms with Crippen LogP contribution in [0, 0.1) is 0 Å². The van der Waals surface area contributed by atoms with Gasteiger partial charge in [0.15, 0.2) is 0 Å². The molecule has 0 aliphatic rings. The minimum Gasteiger partial charge on any atom is -0.331 e. The van der Waals surface area contributed by atoms with E-state index in [9.17, 15) is 0 Å². The minimum atomic E-state index is 0.290. The summed E-state index contributed by atoms with van der Waals surface area (Å²) in [6.07, 6.45) is 8.83. The van der Waals surface area contributed by atoms with Crippen LogP contribution >= 0.6 is 0 Å². The SMILES string of the molecule is CCCCN(CCCC)C(CN)c1cncn1C(C)C. The Labute approximate surface area is 124 Å². The Morgan fingerprint density at radius 3 is 2.25 bits per heavy atom. The van der Waals surface area contributed by atoms with Gasteiger partial charge in [-0.15, -0.1) is 0 Å². The zero-order valence-electron chi connectivity index (χ0n) is 13.7. The highest BCUT2D eigenvalue weighted by atomic mass is 15.2. The molecule has 0 radical (unpaired) electrons. The zero-order chi connectivity index (χ0) is 15.0. The first-order chi connectivity index (χ1) is 9.65. The van der Waals surface area contributed by atoms with Crippen LogP contribution < -0.4 is 5.73 Å². The molecule has 1 heterocycles. The largest absolute Gasteiger partial charge is 0.331 e. The van der Waals surface area contributed by atoms with Crippen molar-refractivity contribution in [2.24, 2.45) is 5.73 Å². The second-order valence-corrected chi connectivity index (χ2v) is 5.81. The molecular weight excluding hydrogens is 248 g/mol. The van der Waals surface area contributed by atoms with Crippen molar-refractivity contribution in [3.05, 3.63) is 18.2 Å². The van der Waals surface area contributed by atoms with Gasteiger partial charge in [0, 0.05) is 18.8 Å². The van der Waals surface area contributed by atoms with Crippen molar-refractivity contribution in [1.29, 1.82) is 0 Å². The molecule has 1 atom stereocenters. The third-order valence-corrected chi connectivity index (χ3v) is 3.86. The van der Waals surface area contributed by atoms with Crippen LogP contribution in [0.2, 0.25) is 0 Å². The molecule has 4 heteroatoms. The number of nitrogens with zero attached hydrogens (tertiary/aromatic N) is 3. The Bertz CT molecular complexity index is 351. The highest BCUT2D eigenvalue weighted by molar-refractivity contribution is 5.07. The van der Waals surface area contributed by atoms with E-state index in [2.05, 4.69) is 42.1 Å². The standard InChI is InChI=1S/C16H32N4/c1-5-7-9-19(10-8-6-2)15(11-17)16-12-18-13-20(16)14(3)4/h12-15H,5-11,17H2,1-4H3. The fourth-order valence-corrected chi connectivity index (χ4v) is 2.61. The maximum atomic E-state index is 6.09. The van der Waals surface area contributed by atoms with E-state index < -0.39 is 0 Å². The second kappa shape index (κ2) is 9.14. The monoisotopic (exact) mass is 280 g/mol. The number of rotatable bonds is 10. The van der Waals surface area contributed by atoms with Gasteiger partial charge >= 0.3 is 0 Å². The van der Waals surface area contributed by atoms with Crippen LogP contribution in [-0.2, 0) is 0 Å². The Morgan fingerprint density at radius 1 is 1.20 bits per heavy atom.